The van der Waals surface area contributed by atoms with E-state index in [1.807, 2.05) is 27.2 Å². The van der Waals surface area contributed by atoms with Gasteiger partial charge in [0.25, 0.3) is 0 Å². The van der Waals surface area contributed by atoms with E-state index in [1.54, 1.807) is 0 Å². The van der Waals surface area contributed by atoms with Gasteiger partial charge < -0.3 is 19.4 Å². The largest absolute Gasteiger partial charge is 0.472 e. The standard InChI is InChI=1S/C76H149N2O7P/c1-7-10-13-16-19-22-25-28-30-32-34-36-38-39-41-42-44-46-48-50-53-56-59-62-65-68-75(79)77-73(72-84-86(81,82)83-71-70-78(4,5)6)74(67-64-61-58-55-52-27-24-21-18-15-12-9-3)85-76(80)69-66-63-60-57-54-51-49-47-45-43-40-37-35-33-31-29-26-23-20-17-14-11-8-2/h29,31,64,67,73-74H,7-28,30,32-63,65-66,68-72H2,1-6H3,(H-,77,79,81,82)/p+1/b31-29+,67-64+. The normalized spacial score (nSPS) is 13.5. The monoisotopic (exact) mass is 1230 g/mol. The van der Waals surface area contributed by atoms with E-state index in [9.17, 15) is 19.0 Å². The molecule has 0 aliphatic heterocycles. The number of ether oxygens (including phenoxy) is 1. The quantitative estimate of drug-likeness (QED) is 0.0205. The highest BCUT2D eigenvalue weighted by Gasteiger charge is 2.30. The number of rotatable bonds is 71. The third-order valence-corrected chi connectivity index (χ3v) is 18.6. The van der Waals surface area contributed by atoms with Gasteiger partial charge in [0, 0.05) is 12.8 Å². The maximum atomic E-state index is 13.6. The van der Waals surface area contributed by atoms with Gasteiger partial charge in [-0.2, -0.15) is 0 Å². The molecule has 1 amide bonds. The first-order valence-corrected chi connectivity index (χ1v) is 39.7. The number of carbonyl (C=O) groups is 2. The Labute approximate surface area is 536 Å². The zero-order valence-corrected chi connectivity index (χ0v) is 59.5. The van der Waals surface area contributed by atoms with Crippen LogP contribution in [0.25, 0.3) is 0 Å². The van der Waals surface area contributed by atoms with Crippen LogP contribution in [0.15, 0.2) is 24.3 Å². The van der Waals surface area contributed by atoms with Gasteiger partial charge in [-0.3, -0.25) is 18.6 Å². The average molecular weight is 1240 g/mol. The van der Waals surface area contributed by atoms with Crippen LogP contribution >= 0.6 is 7.82 Å². The lowest BCUT2D eigenvalue weighted by Crippen LogP contribution is -2.47. The minimum Gasteiger partial charge on any atom is -0.456 e. The maximum Gasteiger partial charge on any atom is 0.472 e. The summed E-state index contributed by atoms with van der Waals surface area (Å²) in [5.41, 5.74) is 0. The summed E-state index contributed by atoms with van der Waals surface area (Å²) in [6, 6.07) is -0.844. The molecule has 0 fully saturated rings. The first-order chi connectivity index (χ1) is 41.9. The fourth-order valence-corrected chi connectivity index (χ4v) is 12.5. The zero-order valence-electron chi connectivity index (χ0n) is 58.6. The van der Waals surface area contributed by atoms with Crippen molar-refractivity contribution in [2.24, 2.45) is 0 Å². The second-order valence-electron chi connectivity index (χ2n) is 27.5. The number of nitrogens with zero attached hydrogens (tertiary/aromatic N) is 1. The molecule has 0 aliphatic rings. The van der Waals surface area contributed by atoms with Crippen molar-refractivity contribution < 1.29 is 37.3 Å². The third kappa shape index (κ3) is 66.9. The Bertz CT molecular complexity index is 1520. The van der Waals surface area contributed by atoms with Crippen molar-refractivity contribution in [3.05, 3.63) is 24.3 Å². The van der Waals surface area contributed by atoms with Crippen LogP contribution in [0.4, 0.5) is 0 Å². The lowest BCUT2D eigenvalue weighted by atomic mass is 10.0. The number of allylic oxidation sites excluding steroid dienone is 3. The second-order valence-corrected chi connectivity index (χ2v) is 29.0. The summed E-state index contributed by atoms with van der Waals surface area (Å²) in [7, 11) is 1.52. The predicted molar refractivity (Wildman–Crippen MR) is 374 cm³/mol. The molecule has 0 heterocycles. The molecule has 0 rings (SSSR count). The summed E-state index contributed by atoms with van der Waals surface area (Å²) in [6.45, 7) is 7.09. The zero-order chi connectivity index (χ0) is 62.8. The van der Waals surface area contributed by atoms with E-state index >= 15 is 0 Å². The molecule has 0 aromatic rings. The van der Waals surface area contributed by atoms with Crippen LogP contribution in [0.5, 0.6) is 0 Å². The molecule has 0 aromatic carbocycles. The summed E-state index contributed by atoms with van der Waals surface area (Å²) in [4.78, 5) is 38.0. The smallest absolute Gasteiger partial charge is 0.456 e. The highest BCUT2D eigenvalue weighted by atomic mass is 31.2. The van der Waals surface area contributed by atoms with Crippen LogP contribution in [-0.4, -0.2) is 74.3 Å². The minimum atomic E-state index is -4.45. The molecule has 510 valence electrons. The van der Waals surface area contributed by atoms with Crippen LogP contribution in [0, 0.1) is 0 Å². The number of hydrogen-bond acceptors (Lipinski definition) is 6. The Balaban J connectivity index is 4.94. The first-order valence-electron chi connectivity index (χ1n) is 38.2. The molecule has 0 aromatic heterocycles. The second kappa shape index (κ2) is 66.4. The van der Waals surface area contributed by atoms with E-state index in [4.69, 9.17) is 13.8 Å². The van der Waals surface area contributed by atoms with Crippen molar-refractivity contribution in [2.45, 2.75) is 412 Å². The number of phosphoric ester groups is 1. The van der Waals surface area contributed by atoms with Gasteiger partial charge in [-0.15, -0.1) is 0 Å². The van der Waals surface area contributed by atoms with Gasteiger partial charge in [-0.1, -0.05) is 354 Å². The average Bonchev–Trinajstić information content (AvgIpc) is 3.69. The predicted octanol–water partition coefficient (Wildman–Crippen LogP) is 24.4. The summed E-state index contributed by atoms with van der Waals surface area (Å²) in [6.07, 6.45) is 82.1. The Morgan fingerprint density at radius 1 is 0.395 bits per heavy atom. The van der Waals surface area contributed by atoms with Crippen LogP contribution in [0.2, 0.25) is 0 Å². The van der Waals surface area contributed by atoms with Crippen molar-refractivity contribution in [3.8, 4) is 0 Å². The van der Waals surface area contributed by atoms with E-state index in [0.717, 1.165) is 57.8 Å². The number of likely N-dealkylation sites (N-methyl/N-ethyl adjacent to an activating group) is 1. The Morgan fingerprint density at radius 2 is 0.674 bits per heavy atom. The summed E-state index contributed by atoms with van der Waals surface area (Å²) in [5, 5.41) is 3.09. The van der Waals surface area contributed by atoms with Gasteiger partial charge in [0.05, 0.1) is 33.8 Å². The first kappa shape index (κ1) is 84.5. The molecule has 0 radical (unpaired) electrons. The van der Waals surface area contributed by atoms with E-state index < -0.39 is 20.0 Å². The molecular formula is C76H150N2O7P+. The number of unbranched alkanes of at least 4 members (excludes halogenated alkanes) is 53. The van der Waals surface area contributed by atoms with Gasteiger partial charge >= 0.3 is 13.8 Å². The van der Waals surface area contributed by atoms with E-state index in [-0.39, 0.29) is 25.1 Å². The van der Waals surface area contributed by atoms with Crippen molar-refractivity contribution in [2.75, 3.05) is 40.9 Å². The SMILES string of the molecule is CCCCCCCC/C=C/CCCCCCCCCCCCCCCC(=O)OC(/C=C/CCCCCCCCCCCC)C(COP(=O)(O)OCC[N+](C)(C)C)NC(=O)CCCCCCCCCCCCCCCCCCCCCCCCCCC. The van der Waals surface area contributed by atoms with Crippen molar-refractivity contribution >= 4 is 19.7 Å². The van der Waals surface area contributed by atoms with Crippen molar-refractivity contribution in [1.29, 1.82) is 0 Å². The molecule has 86 heavy (non-hydrogen) atoms. The van der Waals surface area contributed by atoms with Gasteiger partial charge in [-0.25, -0.2) is 4.57 Å². The molecule has 0 spiro atoms. The summed E-state index contributed by atoms with van der Waals surface area (Å²) in [5.74, 6) is -0.479. The van der Waals surface area contributed by atoms with Gasteiger partial charge in [-0.05, 0) is 57.4 Å². The Hall–Kier alpha value is -1.51. The number of carbonyl (C=O) groups excluding carboxylic acids is 2. The molecule has 0 bridgehead atoms. The molecular weight excluding hydrogens is 1080 g/mol. The number of phosphoric acid groups is 1. The summed E-state index contributed by atoms with van der Waals surface area (Å²) < 4.78 is 30.9. The molecule has 3 unspecified atom stereocenters. The number of quaternary nitrogens is 1. The molecule has 10 heteroatoms. The van der Waals surface area contributed by atoms with E-state index in [2.05, 4.69) is 44.3 Å². The highest BCUT2D eigenvalue weighted by molar-refractivity contribution is 7.47. The molecule has 9 nitrogen and oxygen atoms in total. The maximum absolute atomic E-state index is 13.6. The summed E-state index contributed by atoms with van der Waals surface area (Å²) >= 11 is 0. The van der Waals surface area contributed by atoms with Gasteiger partial charge in [0.2, 0.25) is 5.91 Å². The van der Waals surface area contributed by atoms with E-state index in [0.29, 0.717) is 23.9 Å². The van der Waals surface area contributed by atoms with Crippen LogP contribution in [-0.2, 0) is 27.9 Å². The molecule has 0 saturated heterocycles. The number of amides is 1. The lowest BCUT2D eigenvalue weighted by Gasteiger charge is -2.27. The number of esters is 1. The Kier molecular flexibility index (Phi) is 65.2. The van der Waals surface area contributed by atoms with Crippen LogP contribution in [0.3, 0.4) is 0 Å². The fourth-order valence-electron chi connectivity index (χ4n) is 11.8. The van der Waals surface area contributed by atoms with Gasteiger partial charge in [0.1, 0.15) is 19.3 Å². The van der Waals surface area contributed by atoms with Crippen molar-refractivity contribution in [1.82, 2.24) is 5.32 Å². The molecule has 0 aliphatic carbocycles. The number of nitrogens with one attached hydrogen (secondary N) is 1. The minimum absolute atomic E-state index is 0.0447. The molecule has 2 N–H and O–H groups in total. The topological polar surface area (TPSA) is 111 Å². The van der Waals surface area contributed by atoms with Crippen molar-refractivity contribution in [3.63, 3.8) is 0 Å². The number of hydrogen-bond donors (Lipinski definition) is 2. The lowest BCUT2D eigenvalue weighted by molar-refractivity contribution is -0.870. The molecule has 3 atom stereocenters. The Morgan fingerprint density at radius 3 is 0.988 bits per heavy atom. The van der Waals surface area contributed by atoms with E-state index in [1.165, 1.54) is 308 Å². The van der Waals surface area contributed by atoms with Crippen LogP contribution in [0.1, 0.15) is 400 Å². The van der Waals surface area contributed by atoms with Crippen LogP contribution < -0.4 is 5.32 Å². The van der Waals surface area contributed by atoms with Gasteiger partial charge in [0.15, 0.2) is 0 Å². The highest BCUT2D eigenvalue weighted by Crippen LogP contribution is 2.43. The third-order valence-electron chi connectivity index (χ3n) is 17.6. The molecule has 0 saturated carbocycles. The fraction of sp³-hybridized carbons (Fsp3) is 0.921.